The van der Waals surface area contributed by atoms with Crippen molar-refractivity contribution in [2.75, 3.05) is 32.0 Å². The molecule has 1 unspecified atom stereocenters. The number of nitrogens with zero attached hydrogens (tertiary/aromatic N) is 4. The van der Waals surface area contributed by atoms with Crippen molar-refractivity contribution in [1.29, 1.82) is 0 Å². The molecule has 1 aliphatic heterocycles. The van der Waals surface area contributed by atoms with Gasteiger partial charge in [-0.2, -0.15) is 4.31 Å². The summed E-state index contributed by atoms with van der Waals surface area (Å²) in [4.78, 5) is 20.0. The second-order valence-corrected chi connectivity index (χ2v) is 11.1. The molecule has 1 amide bonds. The van der Waals surface area contributed by atoms with Crippen LogP contribution in [0.25, 0.3) is 11.0 Å². The highest BCUT2D eigenvalue weighted by atomic mass is 32.2. The molecule has 2 aromatic carbocycles. The topological polar surface area (TPSA) is 106 Å². The monoisotopic (exact) mass is 489 g/mol. The number of carbonyl (C=O) groups excluding carboxylic acids is 1. The summed E-state index contributed by atoms with van der Waals surface area (Å²) in [7, 11) is -3.62. The maximum absolute atomic E-state index is 13.1. The predicted molar refractivity (Wildman–Crippen MR) is 126 cm³/mol. The zero-order valence-corrected chi connectivity index (χ0v) is 20.0. The van der Waals surface area contributed by atoms with Crippen LogP contribution in [0.5, 0.6) is 0 Å². The summed E-state index contributed by atoms with van der Waals surface area (Å²) in [6.07, 6.45) is 1.88. The maximum Gasteiger partial charge on any atom is 0.260 e. The first-order valence-electron chi connectivity index (χ1n) is 10.9. The highest BCUT2D eigenvalue weighted by Crippen LogP contribution is 2.25. The van der Waals surface area contributed by atoms with Crippen molar-refractivity contribution in [2.24, 2.45) is 5.92 Å². The van der Waals surface area contributed by atoms with Crippen LogP contribution in [0.4, 0.5) is 0 Å². The lowest BCUT2D eigenvalue weighted by Gasteiger charge is -2.30. The van der Waals surface area contributed by atoms with Crippen LogP contribution in [0.2, 0.25) is 0 Å². The Kier molecular flexibility index (Phi) is 7.51. The smallest absolute Gasteiger partial charge is 0.260 e. The molecule has 33 heavy (non-hydrogen) atoms. The van der Waals surface area contributed by atoms with E-state index in [2.05, 4.69) is 22.6 Å². The van der Waals surface area contributed by atoms with Gasteiger partial charge in [-0.3, -0.25) is 4.79 Å². The SMILES string of the molecule is CC1CCCN(S(=O)(=O)c2ccc3nnn(OCC(=O)NCCSc4ccccc4)c3c2)C1. The summed E-state index contributed by atoms with van der Waals surface area (Å²) in [6, 6.07) is 14.6. The van der Waals surface area contributed by atoms with Crippen LogP contribution in [0, 0.1) is 5.92 Å². The van der Waals surface area contributed by atoms with Gasteiger partial charge >= 0.3 is 0 Å². The Bertz CT molecular complexity index is 1200. The minimum atomic E-state index is -3.62. The number of piperidine rings is 1. The van der Waals surface area contributed by atoms with E-state index in [1.165, 1.54) is 16.4 Å². The van der Waals surface area contributed by atoms with Gasteiger partial charge in [0.15, 0.2) is 6.61 Å². The molecule has 1 aromatic heterocycles. The molecule has 176 valence electrons. The molecule has 0 spiro atoms. The van der Waals surface area contributed by atoms with Gasteiger partial charge in [-0.25, -0.2) is 8.42 Å². The van der Waals surface area contributed by atoms with Crippen molar-refractivity contribution in [3.8, 4) is 0 Å². The number of nitrogens with one attached hydrogen (secondary N) is 1. The molecule has 1 atom stereocenters. The molecular weight excluding hydrogens is 462 g/mol. The number of thioether (sulfide) groups is 1. The summed E-state index contributed by atoms with van der Waals surface area (Å²) < 4.78 is 27.7. The van der Waals surface area contributed by atoms with Crippen molar-refractivity contribution < 1.29 is 18.0 Å². The van der Waals surface area contributed by atoms with E-state index in [4.69, 9.17) is 4.84 Å². The van der Waals surface area contributed by atoms with Crippen LogP contribution in [0.3, 0.4) is 0 Å². The Morgan fingerprint density at radius 2 is 2.06 bits per heavy atom. The number of amides is 1. The Balaban J connectivity index is 1.35. The van der Waals surface area contributed by atoms with Crippen LogP contribution in [-0.2, 0) is 14.8 Å². The third-order valence-corrected chi connectivity index (χ3v) is 8.27. The number of fused-ring (bicyclic) bond motifs is 1. The van der Waals surface area contributed by atoms with Crippen molar-refractivity contribution >= 4 is 38.7 Å². The first-order chi connectivity index (χ1) is 15.9. The minimum Gasteiger partial charge on any atom is -0.385 e. The standard InChI is InChI=1S/C22H27N5O4S2/c1-17-6-5-12-26(15-17)33(29,30)19-9-10-20-21(14-19)27(25-24-20)31-16-22(28)23-11-13-32-18-7-3-2-4-8-18/h2-4,7-10,14,17H,5-6,11-13,15-16H2,1H3,(H,23,28). The normalized spacial score (nSPS) is 17.2. The van der Waals surface area contributed by atoms with Gasteiger partial charge in [0.25, 0.3) is 5.91 Å². The number of hydrogen-bond donors (Lipinski definition) is 1. The highest BCUT2D eigenvalue weighted by molar-refractivity contribution is 7.99. The number of aromatic nitrogens is 3. The summed E-state index contributed by atoms with van der Waals surface area (Å²) in [5.74, 6) is 0.772. The number of hydrogen-bond acceptors (Lipinski definition) is 7. The van der Waals surface area contributed by atoms with E-state index in [0.29, 0.717) is 36.6 Å². The van der Waals surface area contributed by atoms with Crippen LogP contribution >= 0.6 is 11.8 Å². The van der Waals surface area contributed by atoms with Crippen LogP contribution < -0.4 is 10.2 Å². The Labute approximate surface area is 197 Å². The van der Waals surface area contributed by atoms with E-state index in [1.54, 1.807) is 17.8 Å². The lowest BCUT2D eigenvalue weighted by Crippen LogP contribution is -2.39. The van der Waals surface area contributed by atoms with Gasteiger partial charge in [0.05, 0.1) is 4.90 Å². The Hall–Kier alpha value is -2.63. The number of rotatable bonds is 9. The molecule has 1 saturated heterocycles. The summed E-state index contributed by atoms with van der Waals surface area (Å²) >= 11 is 1.65. The molecule has 0 saturated carbocycles. The molecule has 9 nitrogen and oxygen atoms in total. The fourth-order valence-corrected chi connectivity index (χ4v) is 6.10. The van der Waals surface area contributed by atoms with Gasteiger partial charge in [0.2, 0.25) is 10.0 Å². The van der Waals surface area contributed by atoms with E-state index in [0.717, 1.165) is 28.3 Å². The lowest BCUT2D eigenvalue weighted by molar-refractivity contribution is -0.126. The summed E-state index contributed by atoms with van der Waals surface area (Å²) in [6.45, 7) is 3.33. The van der Waals surface area contributed by atoms with Crippen molar-refractivity contribution in [3.63, 3.8) is 0 Å². The summed E-state index contributed by atoms with van der Waals surface area (Å²) in [5, 5.41) is 10.7. The number of benzene rings is 2. The average molecular weight is 490 g/mol. The van der Waals surface area contributed by atoms with E-state index in [1.807, 2.05) is 30.3 Å². The predicted octanol–water partition coefficient (Wildman–Crippen LogP) is 2.19. The minimum absolute atomic E-state index is 0.165. The molecule has 1 fully saturated rings. The number of sulfonamides is 1. The fourth-order valence-electron chi connectivity index (χ4n) is 3.69. The van der Waals surface area contributed by atoms with E-state index < -0.39 is 10.0 Å². The fraction of sp³-hybridized carbons (Fsp3) is 0.409. The zero-order chi connectivity index (χ0) is 23.3. The first-order valence-corrected chi connectivity index (χ1v) is 13.3. The third kappa shape index (κ3) is 5.84. The molecule has 2 heterocycles. The molecule has 11 heteroatoms. The van der Waals surface area contributed by atoms with Crippen molar-refractivity contribution in [3.05, 3.63) is 48.5 Å². The van der Waals surface area contributed by atoms with Crippen LogP contribution in [0.1, 0.15) is 19.8 Å². The zero-order valence-electron chi connectivity index (χ0n) is 18.4. The van der Waals surface area contributed by atoms with Gasteiger partial charge in [0.1, 0.15) is 11.0 Å². The molecule has 0 aliphatic carbocycles. The van der Waals surface area contributed by atoms with E-state index in [-0.39, 0.29) is 17.4 Å². The van der Waals surface area contributed by atoms with Gasteiger partial charge in [-0.05, 0) is 54.3 Å². The van der Waals surface area contributed by atoms with Crippen molar-refractivity contribution in [2.45, 2.75) is 29.6 Å². The van der Waals surface area contributed by atoms with Gasteiger partial charge in [-0.15, -0.1) is 16.9 Å². The first kappa shape index (κ1) is 23.5. The largest absolute Gasteiger partial charge is 0.385 e. The van der Waals surface area contributed by atoms with E-state index in [9.17, 15) is 13.2 Å². The van der Waals surface area contributed by atoms with E-state index >= 15 is 0 Å². The molecule has 3 aromatic rings. The lowest BCUT2D eigenvalue weighted by atomic mass is 10.0. The second kappa shape index (κ2) is 10.5. The maximum atomic E-state index is 13.1. The molecule has 0 bridgehead atoms. The highest BCUT2D eigenvalue weighted by Gasteiger charge is 2.29. The third-order valence-electron chi connectivity index (χ3n) is 5.40. The van der Waals surface area contributed by atoms with Crippen LogP contribution in [-0.4, -0.2) is 65.8 Å². The van der Waals surface area contributed by atoms with Crippen molar-refractivity contribution in [1.82, 2.24) is 24.8 Å². The Morgan fingerprint density at radius 3 is 2.85 bits per heavy atom. The average Bonchev–Trinajstić information content (AvgIpc) is 3.23. The molecule has 4 rings (SSSR count). The molecule has 1 N–H and O–H groups in total. The van der Waals surface area contributed by atoms with Gasteiger partial charge in [-0.1, -0.05) is 30.0 Å². The van der Waals surface area contributed by atoms with Gasteiger partial charge < -0.3 is 10.2 Å². The van der Waals surface area contributed by atoms with Gasteiger partial charge in [0, 0.05) is 30.3 Å². The number of carbonyl (C=O) groups is 1. The molecule has 0 radical (unpaired) electrons. The molecule has 1 aliphatic rings. The second-order valence-electron chi connectivity index (χ2n) is 8.01. The Morgan fingerprint density at radius 1 is 1.24 bits per heavy atom. The van der Waals surface area contributed by atoms with Crippen LogP contribution in [0.15, 0.2) is 58.3 Å². The summed E-state index contributed by atoms with van der Waals surface area (Å²) in [5.41, 5.74) is 0.884. The quantitative estimate of drug-likeness (QED) is 0.363. The molecular formula is C22H27N5O4S2.